The van der Waals surface area contributed by atoms with E-state index in [9.17, 15) is 5.26 Å². The number of nitrogens with one attached hydrogen (secondary N) is 1. The minimum Gasteiger partial charge on any atom is -0.476 e. The smallest absolute Gasteiger partial charge is 0.221 e. The second-order valence-electron chi connectivity index (χ2n) is 6.32. The molecule has 6 heteroatoms. The molecule has 0 bridgehead atoms. The van der Waals surface area contributed by atoms with Gasteiger partial charge in [0.1, 0.15) is 6.61 Å². The third-order valence-electron chi connectivity index (χ3n) is 4.60. The second kappa shape index (κ2) is 6.54. The monoisotopic (exact) mass is 333 g/mol. The molecule has 1 aliphatic rings. The fraction of sp³-hybridized carbons (Fsp3) is 0.316. The topological polar surface area (TPSA) is 75.8 Å². The fourth-order valence-corrected chi connectivity index (χ4v) is 3.34. The highest BCUT2D eigenvalue weighted by atomic mass is 16.5. The van der Waals surface area contributed by atoms with E-state index in [-0.39, 0.29) is 0 Å². The first-order valence-corrected chi connectivity index (χ1v) is 8.43. The summed E-state index contributed by atoms with van der Waals surface area (Å²) < 4.78 is 7.74. The maximum absolute atomic E-state index is 9.56. The highest BCUT2D eigenvalue weighted by Gasteiger charge is 2.18. The Labute approximate surface area is 146 Å². The Morgan fingerprint density at radius 3 is 3.04 bits per heavy atom. The van der Waals surface area contributed by atoms with Crippen LogP contribution in [-0.4, -0.2) is 34.0 Å². The molecule has 25 heavy (non-hydrogen) atoms. The van der Waals surface area contributed by atoms with Gasteiger partial charge in [-0.1, -0.05) is 6.07 Å². The molecular weight excluding hydrogens is 314 g/mol. The standard InChI is InChI=1S/C19H19N5O/c1-24-11-14(9-23-24)17-10-22-19(25-12-15-5-3-7-21-15)16-6-2-4-13(8-20)18(16)17/h2,4,6,9-11,15,21H,3,5,7,12H2,1H3. The van der Waals surface area contributed by atoms with Crippen LogP contribution < -0.4 is 10.1 Å². The molecule has 3 heterocycles. The number of nitrogens with zero attached hydrogens (tertiary/aromatic N) is 4. The summed E-state index contributed by atoms with van der Waals surface area (Å²) >= 11 is 0. The Hall–Kier alpha value is -2.91. The SMILES string of the molecule is Cn1cc(-c2cnc(OCC3CCCN3)c3cccc(C#N)c23)cn1. The van der Waals surface area contributed by atoms with Gasteiger partial charge >= 0.3 is 0 Å². The largest absolute Gasteiger partial charge is 0.476 e. The molecule has 2 aromatic heterocycles. The second-order valence-corrected chi connectivity index (χ2v) is 6.32. The summed E-state index contributed by atoms with van der Waals surface area (Å²) in [7, 11) is 1.87. The predicted molar refractivity (Wildman–Crippen MR) is 95.2 cm³/mol. The molecule has 0 radical (unpaired) electrons. The van der Waals surface area contributed by atoms with E-state index in [1.807, 2.05) is 31.4 Å². The van der Waals surface area contributed by atoms with Crippen LogP contribution in [0.4, 0.5) is 0 Å². The van der Waals surface area contributed by atoms with Crippen molar-refractivity contribution >= 4 is 10.8 Å². The van der Waals surface area contributed by atoms with E-state index in [4.69, 9.17) is 4.74 Å². The zero-order valence-electron chi connectivity index (χ0n) is 14.1. The molecule has 1 aromatic carbocycles. The quantitative estimate of drug-likeness (QED) is 0.794. The molecule has 6 nitrogen and oxygen atoms in total. The van der Waals surface area contributed by atoms with Crippen molar-refractivity contribution in [3.63, 3.8) is 0 Å². The molecule has 0 amide bonds. The third-order valence-corrected chi connectivity index (χ3v) is 4.60. The average Bonchev–Trinajstić information content (AvgIpc) is 3.30. The normalized spacial score (nSPS) is 16.9. The van der Waals surface area contributed by atoms with Crippen LogP contribution in [-0.2, 0) is 7.05 Å². The molecular formula is C19H19N5O. The van der Waals surface area contributed by atoms with E-state index < -0.39 is 0 Å². The molecule has 4 rings (SSSR count). The Morgan fingerprint density at radius 2 is 2.32 bits per heavy atom. The van der Waals surface area contributed by atoms with Crippen LogP contribution in [0.2, 0.25) is 0 Å². The van der Waals surface area contributed by atoms with E-state index in [1.54, 1.807) is 17.1 Å². The van der Waals surface area contributed by atoms with Crippen LogP contribution in [0.15, 0.2) is 36.8 Å². The number of fused-ring (bicyclic) bond motifs is 1. The van der Waals surface area contributed by atoms with E-state index in [1.165, 1.54) is 6.42 Å². The van der Waals surface area contributed by atoms with Crippen molar-refractivity contribution in [3.05, 3.63) is 42.4 Å². The summed E-state index contributed by atoms with van der Waals surface area (Å²) in [5, 5.41) is 18.9. The Bertz CT molecular complexity index is 950. The van der Waals surface area contributed by atoms with Gasteiger partial charge in [0.2, 0.25) is 5.88 Å². The molecule has 1 aliphatic heterocycles. The number of nitriles is 1. The van der Waals surface area contributed by atoms with Crippen LogP contribution in [0.1, 0.15) is 18.4 Å². The van der Waals surface area contributed by atoms with Gasteiger partial charge in [0.05, 0.1) is 17.8 Å². The summed E-state index contributed by atoms with van der Waals surface area (Å²) in [5.41, 5.74) is 2.45. The molecule has 1 fully saturated rings. The Kier molecular flexibility index (Phi) is 4.08. The van der Waals surface area contributed by atoms with E-state index in [0.29, 0.717) is 24.1 Å². The van der Waals surface area contributed by atoms with Crippen molar-refractivity contribution < 1.29 is 4.74 Å². The van der Waals surface area contributed by atoms with Gasteiger partial charge in [-0.25, -0.2) is 4.98 Å². The van der Waals surface area contributed by atoms with Gasteiger partial charge in [0.25, 0.3) is 0 Å². The number of aryl methyl sites for hydroxylation is 1. The molecule has 1 saturated heterocycles. The zero-order valence-corrected chi connectivity index (χ0v) is 14.1. The third kappa shape index (κ3) is 2.94. The highest BCUT2D eigenvalue weighted by molar-refractivity contribution is 6.02. The van der Waals surface area contributed by atoms with Gasteiger partial charge in [-0.2, -0.15) is 10.4 Å². The first-order valence-electron chi connectivity index (χ1n) is 8.43. The van der Waals surface area contributed by atoms with Gasteiger partial charge in [-0.15, -0.1) is 0 Å². The number of rotatable bonds is 4. The highest BCUT2D eigenvalue weighted by Crippen LogP contribution is 2.34. The van der Waals surface area contributed by atoms with Gasteiger partial charge in [-0.3, -0.25) is 4.68 Å². The number of aromatic nitrogens is 3. The lowest BCUT2D eigenvalue weighted by Gasteiger charge is -2.14. The number of pyridine rings is 1. The van der Waals surface area contributed by atoms with Crippen molar-refractivity contribution in [1.82, 2.24) is 20.1 Å². The molecule has 0 spiro atoms. The zero-order chi connectivity index (χ0) is 17.2. The molecule has 0 saturated carbocycles. The van der Waals surface area contributed by atoms with Crippen molar-refractivity contribution in [1.29, 1.82) is 5.26 Å². The van der Waals surface area contributed by atoms with Crippen molar-refractivity contribution in [3.8, 4) is 23.1 Å². The molecule has 1 atom stereocenters. The minimum atomic E-state index is 0.369. The minimum absolute atomic E-state index is 0.369. The number of hydrogen-bond acceptors (Lipinski definition) is 5. The summed E-state index contributed by atoms with van der Waals surface area (Å²) in [5.74, 6) is 0.577. The van der Waals surface area contributed by atoms with Gasteiger partial charge in [0, 0.05) is 47.4 Å². The van der Waals surface area contributed by atoms with Crippen molar-refractivity contribution in [2.75, 3.05) is 13.2 Å². The lowest BCUT2D eigenvalue weighted by Crippen LogP contribution is -2.28. The first-order chi connectivity index (χ1) is 12.3. The molecule has 1 N–H and O–H groups in total. The number of hydrogen-bond donors (Lipinski definition) is 1. The molecule has 3 aromatic rings. The summed E-state index contributed by atoms with van der Waals surface area (Å²) in [6, 6.07) is 8.31. The summed E-state index contributed by atoms with van der Waals surface area (Å²) in [4.78, 5) is 4.53. The van der Waals surface area contributed by atoms with E-state index in [2.05, 4.69) is 21.5 Å². The van der Waals surface area contributed by atoms with Crippen LogP contribution in [0.25, 0.3) is 21.9 Å². The van der Waals surface area contributed by atoms with E-state index >= 15 is 0 Å². The molecule has 126 valence electrons. The lowest BCUT2D eigenvalue weighted by molar-refractivity contribution is 0.271. The van der Waals surface area contributed by atoms with Crippen molar-refractivity contribution in [2.45, 2.75) is 18.9 Å². The van der Waals surface area contributed by atoms with Crippen LogP contribution in [0.3, 0.4) is 0 Å². The lowest BCUT2D eigenvalue weighted by atomic mass is 9.99. The molecule has 0 aliphatic carbocycles. The predicted octanol–water partition coefficient (Wildman–Crippen LogP) is 2.64. The summed E-state index contributed by atoms with van der Waals surface area (Å²) in [6.07, 6.45) is 7.79. The van der Waals surface area contributed by atoms with Crippen LogP contribution in [0.5, 0.6) is 5.88 Å². The first kappa shape index (κ1) is 15.6. The maximum Gasteiger partial charge on any atom is 0.221 e. The average molecular weight is 333 g/mol. The maximum atomic E-state index is 9.56. The van der Waals surface area contributed by atoms with Gasteiger partial charge < -0.3 is 10.1 Å². The van der Waals surface area contributed by atoms with Gasteiger partial charge in [0.15, 0.2) is 0 Å². The fourth-order valence-electron chi connectivity index (χ4n) is 3.34. The summed E-state index contributed by atoms with van der Waals surface area (Å²) in [6.45, 7) is 1.63. The van der Waals surface area contributed by atoms with Crippen molar-refractivity contribution in [2.24, 2.45) is 7.05 Å². The number of ether oxygens (including phenoxy) is 1. The molecule has 1 unspecified atom stereocenters. The Morgan fingerprint density at radius 1 is 1.40 bits per heavy atom. The number of benzene rings is 1. The van der Waals surface area contributed by atoms with Gasteiger partial charge in [-0.05, 0) is 31.5 Å². The van der Waals surface area contributed by atoms with Crippen LogP contribution in [0, 0.1) is 11.3 Å². The van der Waals surface area contributed by atoms with Crippen LogP contribution >= 0.6 is 0 Å². The van der Waals surface area contributed by atoms with E-state index in [0.717, 1.165) is 34.9 Å². The Balaban J connectivity index is 1.80.